The summed E-state index contributed by atoms with van der Waals surface area (Å²) < 4.78 is 5.75. The first-order valence-corrected chi connectivity index (χ1v) is 8.62. The Kier molecular flexibility index (Phi) is 5.09. The Balaban J connectivity index is 1.93. The predicted molar refractivity (Wildman–Crippen MR) is 104 cm³/mol. The highest BCUT2D eigenvalue weighted by Crippen LogP contribution is 2.30. The summed E-state index contributed by atoms with van der Waals surface area (Å²) in [5, 5.41) is 1.20. The first-order valence-electron chi connectivity index (χ1n) is 7.48. The molecule has 128 valence electrons. The summed E-state index contributed by atoms with van der Waals surface area (Å²) in [5.74, 6) is 1.15. The van der Waals surface area contributed by atoms with Crippen molar-refractivity contribution in [2.24, 2.45) is 0 Å². The minimum Gasteiger partial charge on any atom is -0.457 e. The Hall–Kier alpha value is -1.94. The van der Waals surface area contributed by atoms with E-state index in [4.69, 9.17) is 39.5 Å². The van der Waals surface area contributed by atoms with Crippen molar-refractivity contribution in [2.75, 3.05) is 0 Å². The van der Waals surface area contributed by atoms with E-state index in [1.807, 2.05) is 19.1 Å². The molecule has 0 fully saturated rings. The van der Waals surface area contributed by atoms with E-state index in [1.54, 1.807) is 37.3 Å². The second kappa shape index (κ2) is 7.12. The summed E-state index contributed by atoms with van der Waals surface area (Å²) >= 11 is 18.0. The topological polar surface area (TPSA) is 42.1 Å². The molecule has 0 amide bonds. The maximum absolute atomic E-state index is 12.4. The molecule has 0 aliphatic rings. The molecule has 3 aromatic rings. The Morgan fingerprint density at radius 3 is 2.04 bits per heavy atom. The van der Waals surface area contributed by atoms with Gasteiger partial charge in [0.2, 0.25) is 5.43 Å². The summed E-state index contributed by atoms with van der Waals surface area (Å²) in [4.78, 5) is 15.6. The number of aromatic nitrogens is 1. The molecule has 0 saturated carbocycles. The number of H-pyrrole nitrogens is 1. The van der Waals surface area contributed by atoms with Crippen molar-refractivity contribution >= 4 is 34.8 Å². The lowest BCUT2D eigenvalue weighted by atomic mass is 10.0. The molecule has 3 nitrogen and oxygen atoms in total. The smallest absolute Gasteiger partial charge is 0.208 e. The lowest BCUT2D eigenvalue weighted by molar-refractivity contribution is 0.483. The average Bonchev–Trinajstić information content (AvgIpc) is 2.53. The van der Waals surface area contributed by atoms with Crippen molar-refractivity contribution in [1.29, 1.82) is 0 Å². The highest BCUT2D eigenvalue weighted by molar-refractivity contribution is 6.34. The van der Waals surface area contributed by atoms with E-state index in [9.17, 15) is 4.79 Å². The molecular formula is C19H14Cl3NO2. The number of aromatic amines is 1. The molecule has 25 heavy (non-hydrogen) atoms. The van der Waals surface area contributed by atoms with Crippen LogP contribution in [-0.4, -0.2) is 4.98 Å². The molecule has 1 heterocycles. The van der Waals surface area contributed by atoms with Gasteiger partial charge in [-0.2, -0.15) is 0 Å². The minimum absolute atomic E-state index is 0.189. The van der Waals surface area contributed by atoms with Crippen molar-refractivity contribution in [3.63, 3.8) is 0 Å². The lowest BCUT2D eigenvalue weighted by Gasteiger charge is -2.10. The quantitative estimate of drug-likeness (QED) is 0.557. The van der Waals surface area contributed by atoms with E-state index in [0.717, 1.165) is 11.3 Å². The first kappa shape index (κ1) is 17.9. The van der Waals surface area contributed by atoms with E-state index in [1.165, 1.54) is 0 Å². The van der Waals surface area contributed by atoms with E-state index >= 15 is 0 Å². The molecule has 0 radical (unpaired) electrons. The predicted octanol–water partition coefficient (Wildman–Crippen LogP) is 6.41. The molecule has 0 unspecified atom stereocenters. The molecule has 0 atom stereocenters. The molecular weight excluding hydrogens is 381 g/mol. The Morgan fingerprint density at radius 2 is 1.44 bits per heavy atom. The van der Waals surface area contributed by atoms with Gasteiger partial charge in [0.1, 0.15) is 16.5 Å². The van der Waals surface area contributed by atoms with Crippen molar-refractivity contribution in [1.82, 2.24) is 4.98 Å². The molecule has 1 N–H and O–H groups in total. The van der Waals surface area contributed by atoms with Gasteiger partial charge in [-0.15, -0.1) is 0 Å². The summed E-state index contributed by atoms with van der Waals surface area (Å²) in [7, 11) is 0. The molecule has 3 rings (SSSR count). The molecule has 6 heteroatoms. The maximum atomic E-state index is 12.4. The maximum Gasteiger partial charge on any atom is 0.208 e. The van der Waals surface area contributed by atoms with Crippen LogP contribution >= 0.6 is 34.8 Å². The van der Waals surface area contributed by atoms with Crippen LogP contribution < -0.4 is 10.2 Å². The number of nitrogens with one attached hydrogen (secondary N) is 1. The lowest BCUT2D eigenvalue weighted by Crippen LogP contribution is -2.11. The van der Waals surface area contributed by atoms with Crippen LogP contribution in [0.3, 0.4) is 0 Å². The first-order chi connectivity index (χ1) is 11.8. The number of ether oxygens (including phenoxy) is 1. The normalized spacial score (nSPS) is 10.8. The zero-order valence-corrected chi connectivity index (χ0v) is 15.8. The van der Waals surface area contributed by atoms with Crippen LogP contribution in [0.2, 0.25) is 15.1 Å². The van der Waals surface area contributed by atoms with Crippen LogP contribution in [0.5, 0.6) is 11.5 Å². The van der Waals surface area contributed by atoms with Crippen molar-refractivity contribution in [3.05, 3.63) is 79.1 Å². The fourth-order valence-corrected chi connectivity index (χ4v) is 3.26. The van der Waals surface area contributed by atoms with E-state index in [0.29, 0.717) is 32.8 Å². The van der Waals surface area contributed by atoms with Gasteiger partial charge in [-0.25, -0.2) is 0 Å². The number of rotatable bonds is 3. The van der Waals surface area contributed by atoms with Gasteiger partial charge in [-0.1, -0.05) is 46.9 Å². The van der Waals surface area contributed by atoms with E-state index in [2.05, 4.69) is 4.98 Å². The average molecular weight is 395 g/mol. The monoisotopic (exact) mass is 393 g/mol. The van der Waals surface area contributed by atoms with Crippen molar-refractivity contribution in [2.45, 2.75) is 13.8 Å². The Morgan fingerprint density at radius 1 is 0.840 bits per heavy atom. The molecule has 0 bridgehead atoms. The number of halogens is 3. The van der Waals surface area contributed by atoms with Crippen LogP contribution in [0.1, 0.15) is 11.4 Å². The van der Waals surface area contributed by atoms with Crippen LogP contribution in [0.25, 0.3) is 11.1 Å². The van der Waals surface area contributed by atoms with E-state index < -0.39 is 0 Å². The summed E-state index contributed by atoms with van der Waals surface area (Å²) in [5.41, 5.74) is 2.55. The molecule has 0 spiro atoms. The Labute approximate surface area is 160 Å². The zero-order chi connectivity index (χ0) is 18.1. The number of aryl methyl sites for hydroxylation is 2. The van der Waals surface area contributed by atoms with Crippen LogP contribution in [0, 0.1) is 13.8 Å². The number of benzene rings is 2. The van der Waals surface area contributed by atoms with Gasteiger partial charge in [0, 0.05) is 27.0 Å². The molecule has 0 saturated heterocycles. The minimum atomic E-state index is -0.189. The standard InChI is InChI=1S/C19H14Cl3NO2/c1-10-17(19(24)18(22)11(2)23-10)12-3-5-15(6-4-12)25-16-8-13(20)7-14(21)9-16/h3-9H,1-2H3,(H,23,24). The summed E-state index contributed by atoms with van der Waals surface area (Å²) in [6.07, 6.45) is 0. The molecule has 2 aromatic carbocycles. The number of hydrogen-bond donors (Lipinski definition) is 1. The van der Waals surface area contributed by atoms with Gasteiger partial charge in [0.25, 0.3) is 0 Å². The number of hydrogen-bond acceptors (Lipinski definition) is 2. The van der Waals surface area contributed by atoms with Crippen LogP contribution in [-0.2, 0) is 0 Å². The van der Waals surface area contributed by atoms with Crippen LogP contribution in [0.15, 0.2) is 47.3 Å². The second-order valence-corrected chi connectivity index (χ2v) is 6.88. The van der Waals surface area contributed by atoms with Crippen molar-refractivity contribution < 1.29 is 4.74 Å². The third-order valence-electron chi connectivity index (χ3n) is 3.72. The largest absolute Gasteiger partial charge is 0.457 e. The van der Waals surface area contributed by atoms with Gasteiger partial charge >= 0.3 is 0 Å². The fraction of sp³-hybridized carbons (Fsp3) is 0.105. The SMILES string of the molecule is Cc1[nH]c(C)c(-c2ccc(Oc3cc(Cl)cc(Cl)c3)cc2)c(=O)c1Cl. The second-order valence-electron chi connectivity index (χ2n) is 5.62. The molecule has 1 aromatic heterocycles. The highest BCUT2D eigenvalue weighted by Gasteiger charge is 2.13. The van der Waals surface area contributed by atoms with Gasteiger partial charge in [0.15, 0.2) is 0 Å². The Bertz CT molecular complexity index is 975. The van der Waals surface area contributed by atoms with Crippen LogP contribution in [0.4, 0.5) is 0 Å². The number of pyridine rings is 1. The van der Waals surface area contributed by atoms with Gasteiger partial charge in [-0.05, 0) is 49.7 Å². The summed E-state index contributed by atoms with van der Waals surface area (Å²) in [6, 6.07) is 12.2. The summed E-state index contributed by atoms with van der Waals surface area (Å²) in [6.45, 7) is 3.62. The van der Waals surface area contributed by atoms with Gasteiger partial charge in [-0.3, -0.25) is 4.79 Å². The molecule has 0 aliphatic heterocycles. The third kappa shape index (κ3) is 3.84. The zero-order valence-electron chi connectivity index (χ0n) is 13.5. The van der Waals surface area contributed by atoms with Crippen molar-refractivity contribution in [3.8, 4) is 22.6 Å². The third-order valence-corrected chi connectivity index (χ3v) is 4.61. The van der Waals surface area contributed by atoms with E-state index in [-0.39, 0.29) is 10.5 Å². The molecule has 0 aliphatic carbocycles. The fourth-order valence-electron chi connectivity index (χ4n) is 2.61. The highest BCUT2D eigenvalue weighted by atomic mass is 35.5. The van der Waals surface area contributed by atoms with Gasteiger partial charge < -0.3 is 9.72 Å². The van der Waals surface area contributed by atoms with Gasteiger partial charge in [0.05, 0.1) is 0 Å².